The van der Waals surface area contributed by atoms with Crippen LogP contribution in [0.2, 0.25) is 0 Å². The second kappa shape index (κ2) is 7.97. The third kappa shape index (κ3) is 5.84. The Hall–Kier alpha value is -2.31. The molecular formula is C15H21F3N4O5S. The van der Waals surface area contributed by atoms with Crippen LogP contribution in [0.15, 0.2) is 12.3 Å². The van der Waals surface area contributed by atoms with E-state index in [-0.39, 0.29) is 19.0 Å². The van der Waals surface area contributed by atoms with Gasteiger partial charge < -0.3 is 18.7 Å². The van der Waals surface area contributed by atoms with Crippen LogP contribution in [0.4, 0.5) is 23.9 Å². The molecule has 1 saturated heterocycles. The summed E-state index contributed by atoms with van der Waals surface area (Å²) in [6, 6.07) is 0.914. The zero-order valence-electron chi connectivity index (χ0n) is 15.6. The van der Waals surface area contributed by atoms with Gasteiger partial charge >= 0.3 is 21.7 Å². The van der Waals surface area contributed by atoms with Crippen LogP contribution in [0.25, 0.3) is 0 Å². The van der Waals surface area contributed by atoms with Crippen molar-refractivity contribution in [2.24, 2.45) is 0 Å². The van der Waals surface area contributed by atoms with Crippen LogP contribution in [-0.4, -0.2) is 66.7 Å². The molecule has 2 heterocycles. The first-order chi connectivity index (χ1) is 12.8. The van der Waals surface area contributed by atoms with Gasteiger partial charge in [0.2, 0.25) is 11.8 Å². The van der Waals surface area contributed by atoms with E-state index in [0.29, 0.717) is 19.5 Å². The Balaban J connectivity index is 2.08. The maximum absolute atomic E-state index is 12.4. The Kier molecular flexibility index (Phi) is 6.26. The monoisotopic (exact) mass is 426 g/mol. The van der Waals surface area contributed by atoms with E-state index in [1.165, 1.54) is 4.90 Å². The highest BCUT2D eigenvalue weighted by Crippen LogP contribution is 2.26. The molecule has 0 N–H and O–H groups in total. The molecular weight excluding hydrogens is 405 g/mol. The van der Waals surface area contributed by atoms with Gasteiger partial charge in [0.25, 0.3) is 0 Å². The summed E-state index contributed by atoms with van der Waals surface area (Å²) >= 11 is 0. The van der Waals surface area contributed by atoms with Crippen LogP contribution in [0, 0.1) is 0 Å². The van der Waals surface area contributed by atoms with Crippen molar-refractivity contribution in [3.05, 3.63) is 12.3 Å². The van der Waals surface area contributed by atoms with E-state index in [1.807, 2.05) is 0 Å². The summed E-state index contributed by atoms with van der Waals surface area (Å²) in [5, 5.41) is 0. The zero-order valence-corrected chi connectivity index (χ0v) is 16.4. The molecule has 0 aromatic carbocycles. The van der Waals surface area contributed by atoms with Crippen LogP contribution >= 0.6 is 0 Å². The van der Waals surface area contributed by atoms with Gasteiger partial charge in [-0.2, -0.15) is 26.6 Å². The number of amides is 1. The van der Waals surface area contributed by atoms with Crippen molar-refractivity contribution in [3.63, 3.8) is 0 Å². The second-order valence-corrected chi connectivity index (χ2v) is 8.52. The minimum absolute atomic E-state index is 0.000846. The summed E-state index contributed by atoms with van der Waals surface area (Å²) in [6.07, 6.45) is 1.16. The van der Waals surface area contributed by atoms with E-state index in [0.717, 1.165) is 12.3 Å². The molecule has 13 heteroatoms. The van der Waals surface area contributed by atoms with E-state index >= 15 is 0 Å². The van der Waals surface area contributed by atoms with Crippen LogP contribution in [0.3, 0.4) is 0 Å². The van der Waals surface area contributed by atoms with Crippen molar-refractivity contribution in [2.45, 2.75) is 38.3 Å². The number of halogens is 3. The highest BCUT2D eigenvalue weighted by molar-refractivity contribution is 7.87. The molecule has 28 heavy (non-hydrogen) atoms. The van der Waals surface area contributed by atoms with E-state index in [2.05, 4.69) is 14.2 Å². The first-order valence-corrected chi connectivity index (χ1v) is 9.76. The van der Waals surface area contributed by atoms with E-state index in [4.69, 9.17) is 4.74 Å². The standard InChI is InChI=1S/C15H21F3N4O5S/c1-14(2,3)26-13(23)22-8-4-7-21(9-10-22)12-19-6-5-11(20-12)27-28(24,25)15(16,17)18/h5-6H,4,7-10H2,1-3H3. The average molecular weight is 426 g/mol. The number of aromatic nitrogens is 2. The maximum Gasteiger partial charge on any atom is 0.534 e. The number of ether oxygens (including phenoxy) is 1. The number of hydrogen-bond donors (Lipinski definition) is 0. The van der Waals surface area contributed by atoms with E-state index < -0.39 is 33.2 Å². The summed E-state index contributed by atoms with van der Waals surface area (Å²) in [6.45, 7) is 6.66. The molecule has 158 valence electrons. The van der Waals surface area contributed by atoms with Gasteiger partial charge in [-0.15, -0.1) is 0 Å². The molecule has 1 aliphatic rings. The lowest BCUT2D eigenvalue weighted by Crippen LogP contribution is -2.39. The lowest BCUT2D eigenvalue weighted by atomic mass is 10.2. The summed E-state index contributed by atoms with van der Waals surface area (Å²) in [5.41, 5.74) is -6.20. The predicted octanol–water partition coefficient (Wildman–Crippen LogP) is 2.15. The molecule has 1 aromatic rings. The highest BCUT2D eigenvalue weighted by Gasteiger charge is 2.49. The molecule has 1 fully saturated rings. The Bertz CT molecular complexity index is 811. The largest absolute Gasteiger partial charge is 0.534 e. The van der Waals surface area contributed by atoms with Crippen LogP contribution < -0.4 is 9.08 Å². The van der Waals surface area contributed by atoms with Crippen molar-refractivity contribution in [3.8, 4) is 5.88 Å². The van der Waals surface area contributed by atoms with Crippen molar-refractivity contribution in [1.82, 2.24) is 14.9 Å². The number of alkyl halides is 3. The Labute approximate surface area is 160 Å². The summed E-state index contributed by atoms with van der Waals surface area (Å²) in [4.78, 5) is 23.0. The topological polar surface area (TPSA) is 102 Å². The van der Waals surface area contributed by atoms with E-state index in [9.17, 15) is 26.4 Å². The molecule has 0 aliphatic carbocycles. The van der Waals surface area contributed by atoms with Crippen LogP contribution in [-0.2, 0) is 14.9 Å². The number of carbonyl (C=O) groups excluding carboxylic acids is 1. The number of anilines is 1. The molecule has 0 atom stereocenters. The average Bonchev–Trinajstić information content (AvgIpc) is 2.78. The molecule has 1 amide bonds. The second-order valence-electron chi connectivity index (χ2n) is 6.99. The Morgan fingerprint density at radius 1 is 1.14 bits per heavy atom. The van der Waals surface area contributed by atoms with Gasteiger partial charge in [0, 0.05) is 38.4 Å². The number of nitrogens with zero attached hydrogens (tertiary/aromatic N) is 4. The Morgan fingerprint density at radius 2 is 1.82 bits per heavy atom. The fourth-order valence-electron chi connectivity index (χ4n) is 2.32. The van der Waals surface area contributed by atoms with Crippen molar-refractivity contribution < 1.29 is 35.3 Å². The Morgan fingerprint density at radius 3 is 2.43 bits per heavy atom. The minimum Gasteiger partial charge on any atom is -0.444 e. The lowest BCUT2D eigenvalue weighted by Gasteiger charge is -2.26. The number of hydrogen-bond acceptors (Lipinski definition) is 8. The molecule has 0 saturated carbocycles. The van der Waals surface area contributed by atoms with Crippen LogP contribution in [0.1, 0.15) is 27.2 Å². The third-order valence-corrected chi connectivity index (χ3v) is 4.48. The molecule has 9 nitrogen and oxygen atoms in total. The van der Waals surface area contributed by atoms with Gasteiger partial charge in [-0.25, -0.2) is 9.78 Å². The summed E-state index contributed by atoms with van der Waals surface area (Å²) in [5.74, 6) is -0.739. The SMILES string of the molecule is CC(C)(C)OC(=O)N1CCCN(c2nccc(OS(=O)(=O)C(F)(F)F)n2)CC1. The first kappa shape index (κ1) is 22.0. The number of carbonyl (C=O) groups is 1. The fraction of sp³-hybridized carbons (Fsp3) is 0.667. The highest BCUT2D eigenvalue weighted by atomic mass is 32.2. The van der Waals surface area contributed by atoms with Gasteiger partial charge in [-0.1, -0.05) is 0 Å². The van der Waals surface area contributed by atoms with Gasteiger partial charge in [0.15, 0.2) is 0 Å². The van der Waals surface area contributed by atoms with Crippen molar-refractivity contribution >= 4 is 22.2 Å². The minimum atomic E-state index is -5.82. The number of rotatable bonds is 3. The van der Waals surface area contributed by atoms with E-state index in [1.54, 1.807) is 25.7 Å². The predicted molar refractivity (Wildman–Crippen MR) is 92.3 cm³/mol. The molecule has 2 rings (SSSR count). The molecule has 0 bridgehead atoms. The molecule has 0 unspecified atom stereocenters. The fourth-order valence-corrected chi connectivity index (χ4v) is 2.73. The smallest absolute Gasteiger partial charge is 0.444 e. The van der Waals surface area contributed by atoms with Crippen molar-refractivity contribution in [2.75, 3.05) is 31.1 Å². The summed E-state index contributed by atoms with van der Waals surface area (Å²) < 4.78 is 68.9. The molecule has 1 aromatic heterocycles. The van der Waals surface area contributed by atoms with Crippen molar-refractivity contribution in [1.29, 1.82) is 0 Å². The quantitative estimate of drug-likeness (QED) is 0.535. The molecule has 1 aliphatic heterocycles. The van der Waals surface area contributed by atoms with Gasteiger partial charge in [-0.3, -0.25) is 0 Å². The van der Waals surface area contributed by atoms with Gasteiger partial charge in [-0.05, 0) is 27.2 Å². The third-order valence-electron chi connectivity index (χ3n) is 3.53. The van der Waals surface area contributed by atoms with Gasteiger partial charge in [0.05, 0.1) is 0 Å². The normalized spacial score (nSPS) is 16.5. The summed E-state index contributed by atoms with van der Waals surface area (Å²) in [7, 11) is -5.82. The first-order valence-electron chi connectivity index (χ1n) is 8.35. The molecule has 0 spiro atoms. The molecule has 0 radical (unpaired) electrons. The van der Waals surface area contributed by atoms with Crippen LogP contribution in [0.5, 0.6) is 5.88 Å². The van der Waals surface area contributed by atoms with Gasteiger partial charge in [0.1, 0.15) is 5.60 Å². The maximum atomic E-state index is 12.4. The zero-order chi connectivity index (χ0) is 21.2. The lowest BCUT2D eigenvalue weighted by molar-refractivity contribution is -0.0501.